The molecule has 3 rings (SSSR count). The first-order chi connectivity index (χ1) is 10.8. The molecular weight excluding hydrogens is 282 g/mol. The van der Waals surface area contributed by atoms with Crippen molar-refractivity contribution in [3.05, 3.63) is 42.6 Å². The van der Waals surface area contributed by atoms with E-state index in [2.05, 4.69) is 20.6 Å². The van der Waals surface area contributed by atoms with Gasteiger partial charge in [-0.3, -0.25) is 9.36 Å². The maximum Gasteiger partial charge on any atom is 0.221 e. The van der Waals surface area contributed by atoms with Gasteiger partial charge in [0.1, 0.15) is 12.1 Å². The molecule has 1 aliphatic rings. The van der Waals surface area contributed by atoms with E-state index in [9.17, 15) is 4.79 Å². The van der Waals surface area contributed by atoms with Gasteiger partial charge in [-0.1, -0.05) is 0 Å². The number of carbonyl (C=O) groups excluding carboxylic acids is 1. The molecule has 0 saturated carbocycles. The van der Waals surface area contributed by atoms with Gasteiger partial charge in [0.15, 0.2) is 0 Å². The molecule has 1 unspecified atom stereocenters. The van der Waals surface area contributed by atoms with Crippen molar-refractivity contribution in [1.29, 1.82) is 0 Å². The highest BCUT2D eigenvalue weighted by molar-refractivity contribution is 5.76. The van der Waals surface area contributed by atoms with Crippen molar-refractivity contribution in [2.75, 3.05) is 19.8 Å². The van der Waals surface area contributed by atoms with Crippen LogP contribution in [0.2, 0.25) is 0 Å². The Morgan fingerprint density at radius 2 is 2.45 bits per heavy atom. The summed E-state index contributed by atoms with van der Waals surface area (Å²) in [5.41, 5.74) is 1.000. The fourth-order valence-electron chi connectivity index (χ4n) is 2.35. The normalized spacial score (nSPS) is 18.1. The third-order valence-corrected chi connectivity index (χ3v) is 3.50. The molecule has 116 valence electrons. The second-order valence-electron chi connectivity index (χ2n) is 5.20. The third-order valence-electron chi connectivity index (χ3n) is 3.50. The van der Waals surface area contributed by atoms with Gasteiger partial charge in [0.05, 0.1) is 13.2 Å². The van der Waals surface area contributed by atoms with Crippen molar-refractivity contribution in [2.45, 2.75) is 19.0 Å². The number of carbonyl (C=O) groups is 1. The van der Waals surface area contributed by atoms with E-state index in [1.165, 1.54) is 0 Å². The van der Waals surface area contributed by atoms with Crippen LogP contribution in [-0.4, -0.2) is 46.2 Å². The van der Waals surface area contributed by atoms with Crippen LogP contribution in [0.1, 0.15) is 12.0 Å². The van der Waals surface area contributed by atoms with Crippen molar-refractivity contribution in [2.24, 2.45) is 0 Å². The van der Waals surface area contributed by atoms with Gasteiger partial charge >= 0.3 is 0 Å². The highest BCUT2D eigenvalue weighted by Crippen LogP contribution is 2.07. The lowest BCUT2D eigenvalue weighted by Crippen LogP contribution is -2.44. The molecule has 1 aliphatic heterocycles. The summed E-state index contributed by atoms with van der Waals surface area (Å²) in [6, 6.07) is 3.93. The molecule has 2 aromatic rings. The molecule has 3 heterocycles. The predicted octanol–water partition coefficient (Wildman–Crippen LogP) is 0.262. The zero-order valence-electron chi connectivity index (χ0n) is 12.2. The average Bonchev–Trinajstić information content (AvgIpc) is 3.09. The summed E-state index contributed by atoms with van der Waals surface area (Å²) < 4.78 is 7.17. The molecular formula is C15H19N5O2. The molecule has 0 radical (unpaired) electrons. The van der Waals surface area contributed by atoms with Crippen LogP contribution in [-0.2, 0) is 16.1 Å². The third kappa shape index (κ3) is 3.90. The molecule has 7 nitrogen and oxygen atoms in total. The highest BCUT2D eigenvalue weighted by atomic mass is 16.5. The Hall–Kier alpha value is -2.25. The van der Waals surface area contributed by atoms with Crippen LogP contribution >= 0.6 is 0 Å². The first-order valence-electron chi connectivity index (χ1n) is 7.32. The van der Waals surface area contributed by atoms with Crippen LogP contribution in [0.5, 0.6) is 0 Å². The second kappa shape index (κ2) is 7.15. The van der Waals surface area contributed by atoms with Crippen LogP contribution in [0.3, 0.4) is 0 Å². The lowest BCUT2D eigenvalue weighted by atomic mass is 10.2. The SMILES string of the molecule is O=C(CC1COCCN1)NCc1ccnc(-n2ccnc2)c1. The second-order valence-corrected chi connectivity index (χ2v) is 5.20. The van der Waals surface area contributed by atoms with Crippen molar-refractivity contribution < 1.29 is 9.53 Å². The van der Waals surface area contributed by atoms with E-state index in [1.807, 2.05) is 22.9 Å². The van der Waals surface area contributed by atoms with Crippen molar-refractivity contribution >= 4 is 5.91 Å². The Bertz CT molecular complexity index is 608. The first-order valence-corrected chi connectivity index (χ1v) is 7.32. The summed E-state index contributed by atoms with van der Waals surface area (Å²) in [7, 11) is 0. The number of hydrogen-bond donors (Lipinski definition) is 2. The van der Waals surface area contributed by atoms with E-state index >= 15 is 0 Å². The topological polar surface area (TPSA) is 81.1 Å². The number of nitrogens with zero attached hydrogens (tertiary/aromatic N) is 3. The van der Waals surface area contributed by atoms with Gasteiger partial charge in [0, 0.05) is 44.1 Å². The largest absolute Gasteiger partial charge is 0.378 e. The Balaban J connectivity index is 1.52. The minimum absolute atomic E-state index is 0.0176. The van der Waals surface area contributed by atoms with E-state index in [0.29, 0.717) is 26.2 Å². The van der Waals surface area contributed by atoms with Crippen molar-refractivity contribution in [3.8, 4) is 5.82 Å². The van der Waals surface area contributed by atoms with E-state index in [4.69, 9.17) is 4.74 Å². The lowest BCUT2D eigenvalue weighted by Gasteiger charge is -2.23. The van der Waals surface area contributed by atoms with Crippen LogP contribution in [0, 0.1) is 0 Å². The summed E-state index contributed by atoms with van der Waals surface area (Å²) in [6.07, 6.45) is 7.39. The minimum Gasteiger partial charge on any atom is -0.378 e. The zero-order chi connectivity index (χ0) is 15.2. The van der Waals surface area contributed by atoms with E-state index in [1.54, 1.807) is 18.7 Å². The maximum absolute atomic E-state index is 12.0. The molecule has 22 heavy (non-hydrogen) atoms. The van der Waals surface area contributed by atoms with Gasteiger partial charge in [-0.05, 0) is 17.7 Å². The van der Waals surface area contributed by atoms with Crippen LogP contribution in [0.4, 0.5) is 0 Å². The van der Waals surface area contributed by atoms with Crippen LogP contribution in [0.25, 0.3) is 5.82 Å². The number of amides is 1. The molecule has 0 aliphatic carbocycles. The van der Waals surface area contributed by atoms with E-state index < -0.39 is 0 Å². The molecule has 0 aromatic carbocycles. The standard InChI is InChI=1S/C15H19N5O2/c21-15(8-13-10-22-6-4-17-13)19-9-12-1-2-18-14(7-12)20-5-3-16-11-20/h1-3,5,7,11,13,17H,4,6,8-10H2,(H,19,21). The summed E-state index contributed by atoms with van der Waals surface area (Å²) >= 11 is 0. The quantitative estimate of drug-likeness (QED) is 0.828. The number of morpholine rings is 1. The molecule has 1 fully saturated rings. The summed E-state index contributed by atoms with van der Waals surface area (Å²) in [6.45, 7) is 2.59. The molecule has 0 bridgehead atoms. The number of nitrogens with one attached hydrogen (secondary N) is 2. The van der Waals surface area contributed by atoms with Crippen LogP contribution < -0.4 is 10.6 Å². The number of ether oxygens (including phenoxy) is 1. The van der Waals surface area contributed by atoms with Crippen molar-refractivity contribution in [1.82, 2.24) is 25.2 Å². The smallest absolute Gasteiger partial charge is 0.221 e. The van der Waals surface area contributed by atoms with E-state index in [-0.39, 0.29) is 11.9 Å². The summed E-state index contributed by atoms with van der Waals surface area (Å²) in [4.78, 5) is 20.2. The minimum atomic E-state index is 0.0176. The molecule has 1 saturated heterocycles. The summed E-state index contributed by atoms with van der Waals surface area (Å²) in [5, 5.41) is 6.20. The monoisotopic (exact) mass is 301 g/mol. The molecule has 2 aromatic heterocycles. The Labute approximate surface area is 128 Å². The highest BCUT2D eigenvalue weighted by Gasteiger charge is 2.16. The fraction of sp³-hybridized carbons (Fsp3) is 0.400. The number of imidazole rings is 1. The molecule has 2 N–H and O–H groups in total. The molecule has 7 heteroatoms. The molecule has 0 spiro atoms. The van der Waals surface area contributed by atoms with Gasteiger partial charge < -0.3 is 15.4 Å². The van der Waals surface area contributed by atoms with Gasteiger partial charge in [0.2, 0.25) is 5.91 Å². The number of aromatic nitrogens is 3. The summed E-state index contributed by atoms with van der Waals surface area (Å²) in [5.74, 6) is 0.801. The van der Waals surface area contributed by atoms with Crippen LogP contribution in [0.15, 0.2) is 37.1 Å². The average molecular weight is 301 g/mol. The predicted molar refractivity (Wildman–Crippen MR) is 80.4 cm³/mol. The van der Waals surface area contributed by atoms with Gasteiger partial charge in [-0.2, -0.15) is 0 Å². The Morgan fingerprint density at radius 1 is 1.50 bits per heavy atom. The molecule has 1 atom stereocenters. The number of rotatable bonds is 5. The van der Waals surface area contributed by atoms with Crippen molar-refractivity contribution in [3.63, 3.8) is 0 Å². The van der Waals surface area contributed by atoms with Gasteiger partial charge in [-0.25, -0.2) is 9.97 Å². The van der Waals surface area contributed by atoms with Gasteiger partial charge in [-0.15, -0.1) is 0 Å². The van der Waals surface area contributed by atoms with Gasteiger partial charge in [0.25, 0.3) is 0 Å². The Kier molecular flexibility index (Phi) is 4.77. The first kappa shape index (κ1) is 14.7. The lowest BCUT2D eigenvalue weighted by molar-refractivity contribution is -0.122. The number of hydrogen-bond acceptors (Lipinski definition) is 5. The fourth-order valence-corrected chi connectivity index (χ4v) is 2.35. The van der Waals surface area contributed by atoms with E-state index in [0.717, 1.165) is 17.9 Å². The Morgan fingerprint density at radius 3 is 3.23 bits per heavy atom. The number of pyridine rings is 1. The maximum atomic E-state index is 12.0. The zero-order valence-corrected chi connectivity index (χ0v) is 12.2. The molecule has 1 amide bonds.